The molecule has 0 bridgehead atoms. The van der Waals surface area contributed by atoms with E-state index in [2.05, 4.69) is 25.1 Å². The SMILES string of the molecule is CC1CC(C)CN(C(=O)Cn2cc3c(n2)CCCC3)C1. The molecule has 4 nitrogen and oxygen atoms in total. The molecule has 3 rings (SSSR count). The van der Waals surface area contributed by atoms with Crippen LogP contribution in [0.1, 0.15) is 44.4 Å². The quantitative estimate of drug-likeness (QED) is 0.830. The summed E-state index contributed by atoms with van der Waals surface area (Å²) in [7, 11) is 0. The van der Waals surface area contributed by atoms with Crippen LogP contribution < -0.4 is 0 Å². The molecule has 2 unspecified atom stereocenters. The van der Waals surface area contributed by atoms with Crippen molar-refractivity contribution in [2.75, 3.05) is 13.1 Å². The van der Waals surface area contributed by atoms with Gasteiger partial charge in [-0.2, -0.15) is 5.10 Å². The number of likely N-dealkylation sites (tertiary alicyclic amines) is 1. The van der Waals surface area contributed by atoms with Gasteiger partial charge in [0.15, 0.2) is 0 Å². The van der Waals surface area contributed by atoms with Gasteiger partial charge in [-0.15, -0.1) is 0 Å². The Hall–Kier alpha value is -1.32. The summed E-state index contributed by atoms with van der Waals surface area (Å²) in [5.74, 6) is 1.46. The van der Waals surface area contributed by atoms with Crippen LogP contribution in [0, 0.1) is 11.8 Å². The van der Waals surface area contributed by atoms with Gasteiger partial charge in [0, 0.05) is 19.3 Å². The first kappa shape index (κ1) is 13.7. The maximum absolute atomic E-state index is 12.4. The maximum Gasteiger partial charge on any atom is 0.244 e. The van der Waals surface area contributed by atoms with Gasteiger partial charge in [-0.25, -0.2) is 0 Å². The molecule has 4 heteroatoms. The molecule has 0 N–H and O–H groups in total. The van der Waals surface area contributed by atoms with E-state index in [-0.39, 0.29) is 5.91 Å². The van der Waals surface area contributed by atoms with Crippen molar-refractivity contribution in [3.05, 3.63) is 17.5 Å². The first-order valence-corrected chi connectivity index (χ1v) is 7.95. The zero-order chi connectivity index (χ0) is 14.1. The molecule has 0 saturated carbocycles. The number of hydrogen-bond donors (Lipinski definition) is 0. The maximum atomic E-state index is 12.4. The number of carbonyl (C=O) groups excluding carboxylic acids is 1. The lowest BCUT2D eigenvalue weighted by Crippen LogP contribution is -2.44. The van der Waals surface area contributed by atoms with Gasteiger partial charge in [0.25, 0.3) is 0 Å². The molecule has 20 heavy (non-hydrogen) atoms. The number of carbonyl (C=O) groups is 1. The van der Waals surface area contributed by atoms with E-state index in [1.54, 1.807) is 0 Å². The molecule has 110 valence electrons. The average molecular weight is 275 g/mol. The van der Waals surface area contributed by atoms with E-state index in [1.807, 2.05) is 9.58 Å². The summed E-state index contributed by atoms with van der Waals surface area (Å²) in [5, 5.41) is 4.59. The van der Waals surface area contributed by atoms with Gasteiger partial charge in [0.05, 0.1) is 5.69 Å². The highest BCUT2D eigenvalue weighted by atomic mass is 16.2. The molecular weight excluding hydrogens is 250 g/mol. The van der Waals surface area contributed by atoms with Crippen LogP contribution in [0.25, 0.3) is 0 Å². The summed E-state index contributed by atoms with van der Waals surface area (Å²) < 4.78 is 1.86. The minimum Gasteiger partial charge on any atom is -0.341 e. The highest BCUT2D eigenvalue weighted by molar-refractivity contribution is 5.76. The normalized spacial score (nSPS) is 26.4. The fourth-order valence-corrected chi connectivity index (χ4v) is 3.72. The Morgan fingerprint density at radius 3 is 2.65 bits per heavy atom. The van der Waals surface area contributed by atoms with Crippen molar-refractivity contribution in [1.82, 2.24) is 14.7 Å². The summed E-state index contributed by atoms with van der Waals surface area (Å²) in [6.07, 6.45) is 8.02. The Balaban J connectivity index is 1.65. The third-order valence-corrected chi connectivity index (χ3v) is 4.55. The molecule has 1 aliphatic heterocycles. The number of rotatable bonds is 2. The number of hydrogen-bond acceptors (Lipinski definition) is 2. The molecule has 2 aliphatic rings. The predicted octanol–water partition coefficient (Wildman–Crippen LogP) is 2.27. The minimum absolute atomic E-state index is 0.225. The number of aryl methyl sites for hydroxylation is 2. The van der Waals surface area contributed by atoms with Crippen LogP contribution in [-0.2, 0) is 24.2 Å². The Kier molecular flexibility index (Phi) is 3.81. The molecular formula is C16H25N3O. The molecule has 1 saturated heterocycles. The van der Waals surface area contributed by atoms with Gasteiger partial charge in [-0.1, -0.05) is 13.8 Å². The van der Waals surface area contributed by atoms with Crippen LogP contribution in [0.3, 0.4) is 0 Å². The lowest BCUT2D eigenvalue weighted by atomic mass is 9.92. The second kappa shape index (κ2) is 5.58. The highest BCUT2D eigenvalue weighted by Crippen LogP contribution is 2.22. The van der Waals surface area contributed by atoms with Crippen LogP contribution in [0.5, 0.6) is 0 Å². The topological polar surface area (TPSA) is 38.1 Å². The third-order valence-electron chi connectivity index (χ3n) is 4.55. The van der Waals surface area contributed by atoms with E-state index < -0.39 is 0 Å². The molecule has 2 atom stereocenters. The van der Waals surface area contributed by atoms with E-state index in [9.17, 15) is 4.79 Å². The van der Waals surface area contributed by atoms with Crippen molar-refractivity contribution in [3.63, 3.8) is 0 Å². The summed E-state index contributed by atoms with van der Waals surface area (Å²) in [4.78, 5) is 14.5. The number of fused-ring (bicyclic) bond motifs is 1. The van der Waals surface area contributed by atoms with Crippen molar-refractivity contribution >= 4 is 5.91 Å². The highest BCUT2D eigenvalue weighted by Gasteiger charge is 2.25. The standard InChI is InChI=1S/C16H25N3O/c1-12-7-13(2)9-18(8-12)16(20)11-19-10-14-5-3-4-6-15(14)17-19/h10,12-13H,3-9,11H2,1-2H3. The second-order valence-electron chi connectivity index (χ2n) is 6.75. The van der Waals surface area contributed by atoms with Crippen LogP contribution in [0.2, 0.25) is 0 Å². The molecule has 1 fully saturated rings. The molecule has 0 aromatic carbocycles. The Labute approximate surface area is 121 Å². The molecule has 1 aromatic rings. The minimum atomic E-state index is 0.225. The number of aromatic nitrogens is 2. The molecule has 1 aliphatic carbocycles. The van der Waals surface area contributed by atoms with E-state index >= 15 is 0 Å². The molecule has 0 radical (unpaired) electrons. The summed E-state index contributed by atoms with van der Waals surface area (Å²) in [5.41, 5.74) is 2.56. The van der Waals surface area contributed by atoms with Gasteiger partial charge in [-0.05, 0) is 49.5 Å². The molecule has 2 heterocycles. The van der Waals surface area contributed by atoms with Crippen molar-refractivity contribution in [1.29, 1.82) is 0 Å². The molecule has 1 aromatic heterocycles. The average Bonchev–Trinajstić information content (AvgIpc) is 2.79. The lowest BCUT2D eigenvalue weighted by molar-refractivity contribution is -0.134. The van der Waals surface area contributed by atoms with E-state index in [0.29, 0.717) is 18.4 Å². The third kappa shape index (κ3) is 2.89. The van der Waals surface area contributed by atoms with Gasteiger partial charge >= 0.3 is 0 Å². The van der Waals surface area contributed by atoms with Gasteiger partial charge in [0.1, 0.15) is 6.54 Å². The van der Waals surface area contributed by atoms with E-state index in [0.717, 1.165) is 25.9 Å². The van der Waals surface area contributed by atoms with Crippen molar-refractivity contribution in [3.8, 4) is 0 Å². The summed E-state index contributed by atoms with van der Waals surface area (Å²) in [6.45, 7) is 6.70. The largest absolute Gasteiger partial charge is 0.341 e. The zero-order valence-electron chi connectivity index (χ0n) is 12.6. The van der Waals surface area contributed by atoms with Gasteiger partial charge in [0.2, 0.25) is 5.91 Å². The molecule has 1 amide bonds. The first-order chi connectivity index (χ1) is 9.61. The molecule has 0 spiro atoms. The first-order valence-electron chi connectivity index (χ1n) is 7.95. The van der Waals surface area contributed by atoms with E-state index in [1.165, 1.54) is 30.5 Å². The predicted molar refractivity (Wildman–Crippen MR) is 78.4 cm³/mol. The van der Waals surface area contributed by atoms with Gasteiger partial charge < -0.3 is 4.90 Å². The van der Waals surface area contributed by atoms with Crippen LogP contribution >= 0.6 is 0 Å². The lowest BCUT2D eigenvalue weighted by Gasteiger charge is -2.35. The Morgan fingerprint density at radius 1 is 1.25 bits per heavy atom. The fourth-order valence-electron chi connectivity index (χ4n) is 3.72. The summed E-state index contributed by atoms with van der Waals surface area (Å²) in [6, 6.07) is 0. The van der Waals surface area contributed by atoms with Crippen molar-refractivity contribution in [2.45, 2.75) is 52.5 Å². The Bertz CT molecular complexity index is 460. The van der Waals surface area contributed by atoms with Crippen molar-refractivity contribution in [2.24, 2.45) is 11.8 Å². The smallest absolute Gasteiger partial charge is 0.244 e. The summed E-state index contributed by atoms with van der Waals surface area (Å²) >= 11 is 0. The fraction of sp³-hybridized carbons (Fsp3) is 0.750. The van der Waals surface area contributed by atoms with Crippen LogP contribution in [-0.4, -0.2) is 33.7 Å². The van der Waals surface area contributed by atoms with Crippen molar-refractivity contribution < 1.29 is 4.79 Å². The second-order valence-corrected chi connectivity index (χ2v) is 6.75. The number of piperidine rings is 1. The Morgan fingerprint density at radius 2 is 1.95 bits per heavy atom. The number of amides is 1. The van der Waals surface area contributed by atoms with Crippen LogP contribution in [0.4, 0.5) is 0 Å². The monoisotopic (exact) mass is 275 g/mol. The van der Waals surface area contributed by atoms with E-state index in [4.69, 9.17) is 0 Å². The number of nitrogens with zero attached hydrogens (tertiary/aromatic N) is 3. The zero-order valence-corrected chi connectivity index (χ0v) is 12.6. The van der Waals surface area contributed by atoms with Gasteiger partial charge in [-0.3, -0.25) is 9.48 Å². The van der Waals surface area contributed by atoms with Crippen LogP contribution in [0.15, 0.2) is 6.20 Å².